The summed E-state index contributed by atoms with van der Waals surface area (Å²) in [7, 11) is 3.95. The molecule has 6 nitrogen and oxygen atoms in total. The molecular weight excluding hydrogens is 497 g/mol. The van der Waals surface area contributed by atoms with Crippen LogP contribution in [-0.2, 0) is 6.54 Å². The Bertz CT molecular complexity index is 910. The van der Waals surface area contributed by atoms with Crippen LogP contribution in [0.3, 0.4) is 0 Å². The van der Waals surface area contributed by atoms with Crippen molar-refractivity contribution in [1.82, 2.24) is 15.6 Å². The molecule has 0 spiro atoms. The fraction of sp³-hybridized carbons (Fsp3) is 0.333. The molecule has 0 aliphatic heterocycles. The summed E-state index contributed by atoms with van der Waals surface area (Å²) in [6.45, 7) is 3.68. The first kappa shape index (κ1) is 23.4. The molecule has 1 aromatic carbocycles. The third kappa shape index (κ3) is 6.28. The Balaban J connectivity index is 0.00000300. The van der Waals surface area contributed by atoms with Crippen molar-refractivity contribution in [2.45, 2.75) is 19.6 Å². The molecule has 0 aliphatic rings. The predicted octanol–water partition coefficient (Wildman–Crippen LogP) is 3.77. The minimum absolute atomic E-state index is 0. The molecule has 1 unspecified atom stereocenters. The maximum Gasteiger partial charge on any atom is 0.191 e. The summed E-state index contributed by atoms with van der Waals surface area (Å²) in [6.07, 6.45) is 1.20. The van der Waals surface area contributed by atoms with Crippen molar-refractivity contribution in [3.05, 3.63) is 59.1 Å². The number of hydrogen-bond donors (Lipinski definition) is 3. The molecule has 0 saturated carbocycles. The van der Waals surface area contributed by atoms with E-state index >= 15 is 0 Å². The van der Waals surface area contributed by atoms with Crippen LogP contribution < -0.4 is 15.5 Å². The van der Waals surface area contributed by atoms with Crippen LogP contribution in [0.25, 0.3) is 10.1 Å². The SMILES string of the molecule is CCNC(=NCc1cccnc1N(C)C)NCC(O)c1cc2ccccc2s1.I. The Kier molecular flexibility index (Phi) is 9.12. The first-order valence-corrected chi connectivity index (χ1v) is 10.2. The smallest absolute Gasteiger partial charge is 0.191 e. The number of anilines is 1. The highest BCUT2D eigenvalue weighted by molar-refractivity contribution is 14.0. The zero-order chi connectivity index (χ0) is 19.9. The van der Waals surface area contributed by atoms with Gasteiger partial charge in [-0.25, -0.2) is 9.98 Å². The number of pyridine rings is 1. The third-order valence-corrected chi connectivity index (χ3v) is 5.50. The summed E-state index contributed by atoms with van der Waals surface area (Å²) in [5, 5.41) is 18.2. The molecule has 0 amide bonds. The fourth-order valence-corrected chi connectivity index (χ4v) is 3.97. The van der Waals surface area contributed by atoms with E-state index in [1.807, 2.05) is 50.2 Å². The van der Waals surface area contributed by atoms with E-state index in [-0.39, 0.29) is 24.0 Å². The lowest BCUT2D eigenvalue weighted by molar-refractivity contribution is 0.184. The van der Waals surface area contributed by atoms with Crippen molar-refractivity contribution in [3.63, 3.8) is 0 Å². The number of nitrogens with zero attached hydrogens (tertiary/aromatic N) is 3. The van der Waals surface area contributed by atoms with E-state index in [1.54, 1.807) is 17.5 Å². The number of nitrogens with one attached hydrogen (secondary N) is 2. The van der Waals surface area contributed by atoms with Gasteiger partial charge in [-0.1, -0.05) is 24.3 Å². The van der Waals surface area contributed by atoms with Crippen molar-refractivity contribution in [2.24, 2.45) is 4.99 Å². The molecule has 1 atom stereocenters. The summed E-state index contributed by atoms with van der Waals surface area (Å²) in [6, 6.07) is 14.2. The predicted molar refractivity (Wildman–Crippen MR) is 134 cm³/mol. The van der Waals surface area contributed by atoms with Crippen LogP contribution in [0.5, 0.6) is 0 Å². The van der Waals surface area contributed by atoms with Crippen molar-refractivity contribution >= 4 is 57.2 Å². The van der Waals surface area contributed by atoms with Crippen LogP contribution >= 0.6 is 35.3 Å². The summed E-state index contributed by atoms with van der Waals surface area (Å²) >= 11 is 1.62. The van der Waals surface area contributed by atoms with Crippen LogP contribution in [0.1, 0.15) is 23.5 Å². The second-order valence-electron chi connectivity index (χ2n) is 6.66. The number of aromatic nitrogens is 1. The molecule has 3 N–H and O–H groups in total. The molecule has 0 fully saturated rings. The van der Waals surface area contributed by atoms with E-state index < -0.39 is 6.10 Å². The zero-order valence-electron chi connectivity index (χ0n) is 16.9. The van der Waals surface area contributed by atoms with Gasteiger partial charge in [-0.05, 0) is 30.5 Å². The van der Waals surface area contributed by atoms with Gasteiger partial charge in [-0.3, -0.25) is 0 Å². The number of fused-ring (bicyclic) bond motifs is 1. The van der Waals surface area contributed by atoms with Crippen molar-refractivity contribution < 1.29 is 5.11 Å². The number of benzene rings is 1. The van der Waals surface area contributed by atoms with Gasteiger partial charge >= 0.3 is 0 Å². The van der Waals surface area contributed by atoms with Gasteiger partial charge in [-0.2, -0.15) is 0 Å². The van der Waals surface area contributed by atoms with Crippen LogP contribution in [0.2, 0.25) is 0 Å². The topological polar surface area (TPSA) is 72.8 Å². The Labute approximate surface area is 193 Å². The first-order valence-electron chi connectivity index (χ1n) is 9.38. The van der Waals surface area contributed by atoms with Crippen molar-refractivity contribution in [2.75, 3.05) is 32.1 Å². The maximum atomic E-state index is 10.6. The highest BCUT2D eigenvalue weighted by Crippen LogP contribution is 2.29. The zero-order valence-corrected chi connectivity index (χ0v) is 20.1. The lowest BCUT2D eigenvalue weighted by atomic mass is 10.2. The van der Waals surface area contributed by atoms with Gasteiger partial charge in [0.25, 0.3) is 0 Å². The van der Waals surface area contributed by atoms with E-state index in [0.29, 0.717) is 19.0 Å². The van der Waals surface area contributed by atoms with Crippen LogP contribution in [0.4, 0.5) is 5.82 Å². The van der Waals surface area contributed by atoms with Crippen molar-refractivity contribution in [3.8, 4) is 0 Å². The lowest BCUT2D eigenvalue weighted by Gasteiger charge is -2.16. The Morgan fingerprint density at radius 2 is 2.00 bits per heavy atom. The Morgan fingerprint density at radius 3 is 2.72 bits per heavy atom. The summed E-state index contributed by atoms with van der Waals surface area (Å²) < 4.78 is 1.19. The number of thiophene rings is 1. The molecule has 29 heavy (non-hydrogen) atoms. The molecule has 0 aliphatic carbocycles. The first-order chi connectivity index (χ1) is 13.6. The molecule has 8 heteroatoms. The molecule has 3 rings (SSSR count). The van der Waals surface area contributed by atoms with E-state index in [1.165, 1.54) is 4.70 Å². The summed E-state index contributed by atoms with van der Waals surface area (Å²) in [4.78, 5) is 12.0. The molecule has 0 saturated heterocycles. The average Bonchev–Trinajstić information content (AvgIpc) is 3.14. The van der Waals surface area contributed by atoms with Gasteiger partial charge in [0, 0.05) is 48.5 Å². The third-order valence-electron chi connectivity index (χ3n) is 4.28. The van der Waals surface area contributed by atoms with Gasteiger partial charge in [0.2, 0.25) is 0 Å². The monoisotopic (exact) mass is 525 g/mol. The molecule has 2 heterocycles. The van der Waals surface area contributed by atoms with E-state index in [4.69, 9.17) is 0 Å². The van der Waals surface area contributed by atoms with Crippen molar-refractivity contribution in [1.29, 1.82) is 0 Å². The number of rotatable bonds is 7. The summed E-state index contributed by atoms with van der Waals surface area (Å²) in [5.74, 6) is 1.59. The van der Waals surface area contributed by atoms with Crippen LogP contribution in [0.15, 0.2) is 53.7 Å². The lowest BCUT2D eigenvalue weighted by Crippen LogP contribution is -2.39. The van der Waals surface area contributed by atoms with Crippen LogP contribution in [0, 0.1) is 0 Å². The minimum atomic E-state index is -0.586. The normalized spacial score (nSPS) is 12.3. The van der Waals surface area contributed by atoms with E-state index in [9.17, 15) is 5.11 Å². The number of aliphatic hydroxyl groups is 1. The number of halogens is 1. The van der Waals surface area contributed by atoms with Gasteiger partial charge in [0.15, 0.2) is 5.96 Å². The van der Waals surface area contributed by atoms with Gasteiger partial charge in [0.05, 0.1) is 6.54 Å². The number of guanidine groups is 1. The number of aliphatic imine (C=N–C) groups is 1. The second-order valence-corrected chi connectivity index (χ2v) is 7.77. The standard InChI is InChI=1S/C21H27N5OS.HI/c1-4-22-21(24-13-16-9-7-11-23-20(16)26(2)3)25-14-17(27)19-12-15-8-5-6-10-18(15)28-19;/h5-12,17,27H,4,13-14H2,1-3H3,(H2,22,24,25);1H. The Morgan fingerprint density at radius 1 is 1.21 bits per heavy atom. The summed E-state index contributed by atoms with van der Waals surface area (Å²) in [5.41, 5.74) is 1.05. The van der Waals surface area contributed by atoms with Gasteiger partial charge < -0.3 is 20.6 Å². The Hall–Kier alpha value is -1.91. The molecule has 0 bridgehead atoms. The van der Waals surface area contributed by atoms with Crippen LogP contribution in [-0.4, -0.2) is 43.2 Å². The molecule has 0 radical (unpaired) electrons. The average molecular weight is 525 g/mol. The number of hydrogen-bond acceptors (Lipinski definition) is 5. The highest BCUT2D eigenvalue weighted by atomic mass is 127. The van der Waals surface area contributed by atoms with Gasteiger partial charge in [0.1, 0.15) is 11.9 Å². The maximum absolute atomic E-state index is 10.6. The number of aliphatic hydroxyl groups excluding tert-OH is 1. The second kappa shape index (κ2) is 11.3. The highest BCUT2D eigenvalue weighted by Gasteiger charge is 2.12. The van der Waals surface area contributed by atoms with E-state index in [0.717, 1.165) is 28.2 Å². The molecule has 3 aromatic rings. The van der Waals surface area contributed by atoms with E-state index in [2.05, 4.69) is 38.8 Å². The molecular formula is C21H28IN5OS. The molecule has 2 aromatic heterocycles. The van der Waals surface area contributed by atoms with Gasteiger partial charge in [-0.15, -0.1) is 35.3 Å². The molecule has 156 valence electrons. The quantitative estimate of drug-likeness (QED) is 0.249. The minimum Gasteiger partial charge on any atom is -0.386 e. The largest absolute Gasteiger partial charge is 0.386 e. The fourth-order valence-electron chi connectivity index (χ4n) is 2.92.